The zero-order valence-electron chi connectivity index (χ0n) is 10.5. The van der Waals surface area contributed by atoms with Gasteiger partial charge < -0.3 is 4.74 Å². The molecule has 19 heavy (non-hydrogen) atoms. The first-order valence-corrected chi connectivity index (χ1v) is 6.02. The number of Topliss-reactive ketones (excluding diaryl/α,β-unsaturated/α-hetero) is 1. The predicted molar refractivity (Wildman–Crippen MR) is 66.1 cm³/mol. The van der Waals surface area contributed by atoms with Crippen molar-refractivity contribution in [2.75, 3.05) is 6.61 Å². The summed E-state index contributed by atoms with van der Waals surface area (Å²) in [7, 11) is 0. The number of nitrogens with zero attached hydrogens (tertiary/aromatic N) is 1. The standard InChI is InChI=1S/C13H13NO5/c1-2-19-13(16)9-5-8-3-4-10(15)7-11(8)12(6-9)14(17)18/h5-6H,2-4,7H2,1H3. The Labute approximate surface area is 109 Å². The molecule has 1 aromatic rings. The summed E-state index contributed by atoms with van der Waals surface area (Å²) >= 11 is 0. The van der Waals surface area contributed by atoms with Crippen molar-refractivity contribution in [2.24, 2.45) is 0 Å². The third-order valence-electron chi connectivity index (χ3n) is 3.07. The molecule has 6 nitrogen and oxygen atoms in total. The van der Waals surface area contributed by atoms with E-state index in [9.17, 15) is 19.7 Å². The van der Waals surface area contributed by atoms with Gasteiger partial charge in [-0.3, -0.25) is 14.9 Å². The van der Waals surface area contributed by atoms with Gasteiger partial charge in [0, 0.05) is 24.5 Å². The van der Waals surface area contributed by atoms with Crippen LogP contribution in [0.15, 0.2) is 12.1 Å². The van der Waals surface area contributed by atoms with Gasteiger partial charge in [-0.1, -0.05) is 0 Å². The lowest BCUT2D eigenvalue weighted by Gasteiger charge is -2.15. The topological polar surface area (TPSA) is 86.5 Å². The van der Waals surface area contributed by atoms with E-state index >= 15 is 0 Å². The molecule has 6 heteroatoms. The third kappa shape index (κ3) is 2.62. The van der Waals surface area contributed by atoms with Crippen molar-refractivity contribution in [1.82, 2.24) is 0 Å². The van der Waals surface area contributed by atoms with E-state index in [0.29, 0.717) is 24.0 Å². The number of aryl methyl sites for hydroxylation is 1. The molecule has 0 spiro atoms. The molecule has 1 aliphatic carbocycles. The minimum atomic E-state index is -0.578. The summed E-state index contributed by atoms with van der Waals surface area (Å²) in [5.74, 6) is -0.593. The summed E-state index contributed by atoms with van der Waals surface area (Å²) < 4.78 is 4.85. The van der Waals surface area contributed by atoms with Gasteiger partial charge in [-0.05, 0) is 25.0 Å². The van der Waals surface area contributed by atoms with Gasteiger partial charge in [0.15, 0.2) is 0 Å². The summed E-state index contributed by atoms with van der Waals surface area (Å²) in [6, 6.07) is 2.78. The second kappa shape index (κ2) is 5.17. The van der Waals surface area contributed by atoms with Crippen LogP contribution in [0, 0.1) is 10.1 Å². The Morgan fingerprint density at radius 1 is 1.42 bits per heavy atom. The fraction of sp³-hybridized carbons (Fsp3) is 0.385. The number of hydrogen-bond donors (Lipinski definition) is 0. The van der Waals surface area contributed by atoms with Gasteiger partial charge in [-0.25, -0.2) is 4.79 Å². The first-order chi connectivity index (χ1) is 9.02. The Morgan fingerprint density at radius 3 is 2.79 bits per heavy atom. The van der Waals surface area contributed by atoms with Gasteiger partial charge in [0.05, 0.1) is 17.1 Å². The van der Waals surface area contributed by atoms with E-state index in [0.717, 1.165) is 0 Å². The lowest BCUT2D eigenvalue weighted by atomic mass is 9.88. The molecule has 0 saturated heterocycles. The number of esters is 1. The van der Waals surface area contributed by atoms with Gasteiger partial charge in [-0.2, -0.15) is 0 Å². The number of rotatable bonds is 3. The number of nitro benzene ring substituents is 1. The van der Waals surface area contributed by atoms with Crippen molar-refractivity contribution in [1.29, 1.82) is 0 Å². The second-order valence-electron chi connectivity index (χ2n) is 4.33. The summed E-state index contributed by atoms with van der Waals surface area (Å²) in [4.78, 5) is 33.6. The zero-order valence-corrected chi connectivity index (χ0v) is 10.5. The molecule has 0 aromatic heterocycles. The van der Waals surface area contributed by atoms with Crippen LogP contribution in [-0.2, 0) is 22.4 Å². The Morgan fingerprint density at radius 2 is 2.16 bits per heavy atom. The molecule has 0 N–H and O–H groups in total. The molecule has 0 unspecified atom stereocenters. The zero-order chi connectivity index (χ0) is 14.0. The van der Waals surface area contributed by atoms with Crippen molar-refractivity contribution in [2.45, 2.75) is 26.2 Å². The molecule has 0 saturated carbocycles. The van der Waals surface area contributed by atoms with Crippen molar-refractivity contribution < 1.29 is 19.2 Å². The first kappa shape index (κ1) is 13.2. The number of nitro groups is 1. The molecular formula is C13H13NO5. The lowest BCUT2D eigenvalue weighted by Crippen LogP contribution is -2.17. The van der Waals surface area contributed by atoms with Gasteiger partial charge in [0.2, 0.25) is 0 Å². The predicted octanol–water partition coefficient (Wildman–Crippen LogP) is 1.83. The molecule has 0 aliphatic heterocycles. The SMILES string of the molecule is CCOC(=O)c1cc2c(c([N+](=O)[O-])c1)CC(=O)CC2. The minimum Gasteiger partial charge on any atom is -0.462 e. The highest BCUT2D eigenvalue weighted by molar-refractivity contribution is 5.92. The lowest BCUT2D eigenvalue weighted by molar-refractivity contribution is -0.385. The first-order valence-electron chi connectivity index (χ1n) is 6.02. The number of fused-ring (bicyclic) bond motifs is 1. The molecule has 0 heterocycles. The monoisotopic (exact) mass is 263 g/mol. The van der Waals surface area contributed by atoms with Crippen molar-refractivity contribution in [3.8, 4) is 0 Å². The molecule has 1 aliphatic rings. The van der Waals surface area contributed by atoms with Gasteiger partial charge >= 0.3 is 5.97 Å². The Kier molecular flexibility index (Phi) is 3.59. The molecule has 100 valence electrons. The summed E-state index contributed by atoms with van der Waals surface area (Å²) in [5.41, 5.74) is 1.11. The fourth-order valence-corrected chi connectivity index (χ4v) is 2.20. The highest BCUT2D eigenvalue weighted by Gasteiger charge is 2.27. The Balaban J connectivity index is 2.51. The molecule has 2 rings (SSSR count). The van der Waals surface area contributed by atoms with Crippen molar-refractivity contribution >= 4 is 17.4 Å². The molecular weight excluding hydrogens is 250 g/mol. The fourth-order valence-electron chi connectivity index (χ4n) is 2.20. The molecule has 0 fully saturated rings. The smallest absolute Gasteiger partial charge is 0.338 e. The summed E-state index contributed by atoms with van der Waals surface area (Å²) in [6.07, 6.45) is 0.855. The van der Waals surface area contributed by atoms with Crippen LogP contribution < -0.4 is 0 Å². The van der Waals surface area contributed by atoms with Crippen molar-refractivity contribution in [3.63, 3.8) is 0 Å². The van der Waals surface area contributed by atoms with E-state index in [1.54, 1.807) is 13.0 Å². The van der Waals surface area contributed by atoms with Crippen LogP contribution in [0.2, 0.25) is 0 Å². The van der Waals surface area contributed by atoms with Gasteiger partial charge in [-0.15, -0.1) is 0 Å². The van der Waals surface area contributed by atoms with E-state index in [2.05, 4.69) is 0 Å². The summed E-state index contributed by atoms with van der Waals surface area (Å²) in [6.45, 7) is 1.88. The van der Waals surface area contributed by atoms with Gasteiger partial charge in [0.25, 0.3) is 5.69 Å². The largest absolute Gasteiger partial charge is 0.462 e. The normalized spacial score (nSPS) is 13.8. The van der Waals surface area contributed by atoms with Gasteiger partial charge in [0.1, 0.15) is 5.78 Å². The molecule has 1 aromatic carbocycles. The number of carbonyl (C=O) groups excluding carboxylic acids is 2. The highest BCUT2D eigenvalue weighted by atomic mass is 16.6. The number of benzene rings is 1. The Bertz CT molecular complexity index is 564. The molecule has 0 radical (unpaired) electrons. The molecule has 0 amide bonds. The van der Waals surface area contributed by atoms with Crippen LogP contribution in [0.4, 0.5) is 5.69 Å². The highest BCUT2D eigenvalue weighted by Crippen LogP contribution is 2.30. The number of hydrogen-bond acceptors (Lipinski definition) is 5. The van der Waals surface area contributed by atoms with Crippen LogP contribution in [0.3, 0.4) is 0 Å². The van der Waals surface area contributed by atoms with Crippen LogP contribution >= 0.6 is 0 Å². The quantitative estimate of drug-likeness (QED) is 0.471. The maximum absolute atomic E-state index is 11.7. The van der Waals surface area contributed by atoms with Crippen LogP contribution in [0.25, 0.3) is 0 Å². The van der Waals surface area contributed by atoms with Crippen molar-refractivity contribution in [3.05, 3.63) is 38.9 Å². The molecule has 0 atom stereocenters. The van der Waals surface area contributed by atoms with E-state index in [4.69, 9.17) is 4.74 Å². The maximum Gasteiger partial charge on any atom is 0.338 e. The van der Waals surface area contributed by atoms with E-state index in [-0.39, 0.29) is 30.1 Å². The van der Waals surface area contributed by atoms with Crippen LogP contribution in [0.5, 0.6) is 0 Å². The number of ether oxygens (including phenoxy) is 1. The molecule has 0 bridgehead atoms. The number of ketones is 1. The van der Waals surface area contributed by atoms with E-state index in [1.165, 1.54) is 6.07 Å². The Hall–Kier alpha value is -2.24. The second-order valence-corrected chi connectivity index (χ2v) is 4.33. The van der Waals surface area contributed by atoms with Crippen LogP contribution in [-0.4, -0.2) is 23.3 Å². The van der Waals surface area contributed by atoms with Crippen LogP contribution in [0.1, 0.15) is 34.8 Å². The average molecular weight is 263 g/mol. The minimum absolute atomic E-state index is 0.0144. The summed E-state index contributed by atoms with van der Waals surface area (Å²) in [5, 5.41) is 11.1. The van der Waals surface area contributed by atoms with E-state index < -0.39 is 10.9 Å². The third-order valence-corrected chi connectivity index (χ3v) is 3.07. The maximum atomic E-state index is 11.7. The average Bonchev–Trinajstić information content (AvgIpc) is 2.37. The number of carbonyl (C=O) groups is 2. The van der Waals surface area contributed by atoms with E-state index in [1.807, 2.05) is 0 Å².